The van der Waals surface area contributed by atoms with Crippen LogP contribution in [-0.4, -0.2) is 31.7 Å². The van der Waals surface area contributed by atoms with E-state index < -0.39 is 17.9 Å². The highest BCUT2D eigenvalue weighted by atomic mass is 16.4. The zero-order valence-corrected chi connectivity index (χ0v) is 17.6. The van der Waals surface area contributed by atoms with Crippen LogP contribution in [0.15, 0.2) is 36.4 Å². The molecule has 1 aliphatic carbocycles. The van der Waals surface area contributed by atoms with E-state index in [9.17, 15) is 14.7 Å². The Morgan fingerprint density at radius 1 is 1.20 bits per heavy atom. The lowest BCUT2D eigenvalue weighted by atomic mass is 10.0. The minimum absolute atomic E-state index is 0.303. The maximum absolute atomic E-state index is 13.3. The van der Waals surface area contributed by atoms with Crippen molar-refractivity contribution in [2.75, 3.05) is 0 Å². The molecule has 7 heteroatoms. The van der Waals surface area contributed by atoms with Crippen LogP contribution in [0.3, 0.4) is 0 Å². The normalized spacial score (nSPS) is 15.2. The first kappa shape index (κ1) is 20.1. The molecule has 1 aliphatic rings. The van der Waals surface area contributed by atoms with Gasteiger partial charge in [0.15, 0.2) is 11.7 Å². The molecule has 2 N–H and O–H groups in total. The Bertz CT molecular complexity index is 1120. The van der Waals surface area contributed by atoms with E-state index in [0.29, 0.717) is 33.8 Å². The monoisotopic (exact) mass is 406 g/mol. The first-order valence-electron chi connectivity index (χ1n) is 10.2. The molecule has 1 amide bonds. The molecule has 1 aromatic carbocycles. The van der Waals surface area contributed by atoms with Crippen LogP contribution in [0.2, 0.25) is 0 Å². The number of carbonyl (C=O) groups is 2. The zero-order chi connectivity index (χ0) is 21.6. The van der Waals surface area contributed by atoms with Gasteiger partial charge in [-0.15, -0.1) is 0 Å². The number of carboxylic acid groups (broad SMARTS) is 1. The molecule has 30 heavy (non-hydrogen) atoms. The smallest absolute Gasteiger partial charge is 0.330 e. The van der Waals surface area contributed by atoms with Gasteiger partial charge < -0.3 is 10.4 Å². The summed E-state index contributed by atoms with van der Waals surface area (Å²) in [7, 11) is 0. The van der Waals surface area contributed by atoms with Gasteiger partial charge in [-0.3, -0.25) is 4.79 Å². The molecule has 3 aromatic rings. The molecule has 0 unspecified atom stereocenters. The number of nitrogens with zero attached hydrogens (tertiary/aromatic N) is 3. The van der Waals surface area contributed by atoms with E-state index in [2.05, 4.69) is 10.4 Å². The van der Waals surface area contributed by atoms with Gasteiger partial charge in [-0.25, -0.2) is 14.5 Å². The molecular formula is C23H26N4O3. The van der Waals surface area contributed by atoms with Crippen molar-refractivity contribution in [2.24, 2.45) is 0 Å². The van der Waals surface area contributed by atoms with Crippen LogP contribution < -0.4 is 5.32 Å². The second kappa shape index (κ2) is 7.23. The fourth-order valence-electron chi connectivity index (χ4n) is 3.69. The van der Waals surface area contributed by atoms with Crippen molar-refractivity contribution in [3.63, 3.8) is 0 Å². The Hall–Kier alpha value is -3.22. The van der Waals surface area contributed by atoms with Crippen molar-refractivity contribution in [3.8, 4) is 0 Å². The first-order valence-corrected chi connectivity index (χ1v) is 10.2. The van der Waals surface area contributed by atoms with Gasteiger partial charge in [0.05, 0.1) is 22.2 Å². The highest BCUT2D eigenvalue weighted by Crippen LogP contribution is 2.41. The largest absolute Gasteiger partial charge is 0.479 e. The molecule has 0 radical (unpaired) electrons. The highest BCUT2D eigenvalue weighted by Gasteiger charge is 2.31. The minimum atomic E-state index is -1.13. The van der Waals surface area contributed by atoms with E-state index in [1.807, 2.05) is 38.4 Å². The van der Waals surface area contributed by atoms with E-state index in [4.69, 9.17) is 4.98 Å². The number of nitrogens with one attached hydrogen (secondary N) is 1. The number of carboxylic acids is 1. The number of aliphatic carboxylic acids is 1. The van der Waals surface area contributed by atoms with E-state index in [1.165, 1.54) is 0 Å². The third-order valence-corrected chi connectivity index (χ3v) is 5.36. The summed E-state index contributed by atoms with van der Waals surface area (Å²) in [6.45, 7) is 7.98. The molecule has 7 nitrogen and oxygen atoms in total. The fourth-order valence-corrected chi connectivity index (χ4v) is 3.69. The van der Waals surface area contributed by atoms with Crippen LogP contribution in [0.1, 0.15) is 72.9 Å². The summed E-state index contributed by atoms with van der Waals surface area (Å²) in [5.41, 5.74) is 2.88. The number of hydrogen-bond donors (Lipinski definition) is 2. The highest BCUT2D eigenvalue weighted by molar-refractivity contribution is 6.07. The maximum atomic E-state index is 13.3. The van der Waals surface area contributed by atoms with Gasteiger partial charge in [0.2, 0.25) is 0 Å². The van der Waals surface area contributed by atoms with Crippen molar-refractivity contribution in [3.05, 3.63) is 58.9 Å². The molecule has 0 bridgehead atoms. The number of aryl methyl sites for hydroxylation is 1. The van der Waals surface area contributed by atoms with Crippen molar-refractivity contribution in [1.82, 2.24) is 20.1 Å². The molecule has 0 saturated heterocycles. The molecular weight excluding hydrogens is 380 g/mol. The van der Waals surface area contributed by atoms with E-state index >= 15 is 0 Å². The van der Waals surface area contributed by atoms with Crippen molar-refractivity contribution in [1.29, 1.82) is 0 Å². The summed E-state index contributed by atoms with van der Waals surface area (Å²) in [6, 6.07) is 9.38. The van der Waals surface area contributed by atoms with Gasteiger partial charge in [0.1, 0.15) is 0 Å². The predicted molar refractivity (Wildman–Crippen MR) is 114 cm³/mol. The van der Waals surface area contributed by atoms with Gasteiger partial charge in [0, 0.05) is 11.6 Å². The zero-order valence-electron chi connectivity index (χ0n) is 17.6. The topological polar surface area (TPSA) is 97.1 Å². The number of hydrogen-bond acceptors (Lipinski definition) is 4. The third-order valence-electron chi connectivity index (χ3n) is 5.36. The minimum Gasteiger partial charge on any atom is -0.479 e. The lowest BCUT2D eigenvalue weighted by Gasteiger charge is -2.20. The average molecular weight is 406 g/mol. The van der Waals surface area contributed by atoms with Crippen LogP contribution >= 0.6 is 0 Å². The van der Waals surface area contributed by atoms with Crippen molar-refractivity contribution < 1.29 is 14.7 Å². The molecule has 156 valence electrons. The number of fused-ring (bicyclic) bond motifs is 1. The van der Waals surface area contributed by atoms with Crippen molar-refractivity contribution in [2.45, 2.75) is 58.0 Å². The van der Waals surface area contributed by atoms with Crippen LogP contribution in [-0.2, 0) is 10.3 Å². The quantitative estimate of drug-likeness (QED) is 0.669. The number of carbonyl (C=O) groups excluding carboxylic acids is 1. The average Bonchev–Trinajstić information content (AvgIpc) is 3.48. The standard InChI is InChI=1S/C23H26N4O3/c1-13-18-16(21(28)25-19(22(29)30)15-8-6-5-7-9-15)12-17(14-10-11-14)24-20(18)27(26-13)23(2,3)4/h5-9,12,14,19H,10-11H2,1-4H3,(H,25,28)(H,29,30)/t19-/m1/s1. The summed E-state index contributed by atoms with van der Waals surface area (Å²) >= 11 is 0. The third kappa shape index (κ3) is 3.67. The summed E-state index contributed by atoms with van der Waals surface area (Å²) < 4.78 is 1.85. The summed E-state index contributed by atoms with van der Waals surface area (Å²) in [5, 5.41) is 17.7. The number of pyridine rings is 1. The second-order valence-electron chi connectivity index (χ2n) is 8.89. The summed E-state index contributed by atoms with van der Waals surface area (Å²) in [5.74, 6) is -1.20. The van der Waals surface area contributed by atoms with Gasteiger partial charge in [-0.05, 0) is 52.2 Å². The number of aromatic nitrogens is 3. The van der Waals surface area contributed by atoms with E-state index in [0.717, 1.165) is 18.5 Å². The van der Waals surface area contributed by atoms with Crippen molar-refractivity contribution >= 4 is 22.9 Å². The predicted octanol–water partition coefficient (Wildman–Crippen LogP) is 3.93. The van der Waals surface area contributed by atoms with E-state index in [-0.39, 0.29) is 5.54 Å². The molecule has 0 aliphatic heterocycles. The Kier molecular flexibility index (Phi) is 4.84. The van der Waals surface area contributed by atoms with E-state index in [1.54, 1.807) is 30.3 Å². The lowest BCUT2D eigenvalue weighted by Crippen LogP contribution is -2.34. The summed E-state index contributed by atoms with van der Waals surface area (Å²) in [6.07, 6.45) is 2.09. The fraction of sp³-hybridized carbons (Fsp3) is 0.391. The Labute approximate surface area is 175 Å². The molecule has 1 fully saturated rings. The molecule has 1 saturated carbocycles. The molecule has 0 spiro atoms. The lowest BCUT2D eigenvalue weighted by molar-refractivity contribution is -0.139. The van der Waals surface area contributed by atoms with Crippen LogP contribution in [0.25, 0.3) is 11.0 Å². The molecule has 2 aromatic heterocycles. The summed E-state index contributed by atoms with van der Waals surface area (Å²) in [4.78, 5) is 30.0. The van der Waals surface area contributed by atoms with Gasteiger partial charge in [0.25, 0.3) is 5.91 Å². The van der Waals surface area contributed by atoms with Gasteiger partial charge in [-0.1, -0.05) is 30.3 Å². The number of benzene rings is 1. The van der Waals surface area contributed by atoms with Gasteiger partial charge in [-0.2, -0.15) is 5.10 Å². The maximum Gasteiger partial charge on any atom is 0.330 e. The number of amides is 1. The molecule has 1 atom stereocenters. The van der Waals surface area contributed by atoms with Gasteiger partial charge >= 0.3 is 5.97 Å². The molecule has 4 rings (SSSR count). The second-order valence-corrected chi connectivity index (χ2v) is 8.89. The number of rotatable bonds is 5. The van der Waals surface area contributed by atoms with Crippen LogP contribution in [0, 0.1) is 6.92 Å². The molecule has 2 heterocycles. The Morgan fingerprint density at radius 3 is 2.43 bits per heavy atom. The first-order chi connectivity index (χ1) is 14.2. The van der Waals surface area contributed by atoms with Crippen LogP contribution in [0.5, 0.6) is 0 Å². The SMILES string of the molecule is Cc1nn(C(C)(C)C)c2nc(C3CC3)cc(C(=O)N[C@@H](C(=O)O)c3ccccc3)c12. The van der Waals surface area contributed by atoms with Crippen LogP contribution in [0.4, 0.5) is 0 Å². The Balaban J connectivity index is 1.82. The Morgan fingerprint density at radius 2 is 1.87 bits per heavy atom.